The van der Waals surface area contributed by atoms with Crippen LogP contribution >= 0.6 is 7.81 Å². The predicted molar refractivity (Wildman–Crippen MR) is 74.7 cm³/mol. The first kappa shape index (κ1) is 22.3. The summed E-state index contributed by atoms with van der Waals surface area (Å²) in [6.45, 7) is 10.8. The summed E-state index contributed by atoms with van der Waals surface area (Å²) in [6.07, 6.45) is 8.09. The van der Waals surface area contributed by atoms with Gasteiger partial charge in [0.25, 0.3) is 0 Å². The van der Waals surface area contributed by atoms with Crippen LogP contribution < -0.4 is 0 Å². The van der Waals surface area contributed by atoms with E-state index in [1.165, 1.54) is 58.2 Å². The molecule has 0 bridgehead atoms. The molecule has 0 aliphatic heterocycles. The molecule has 0 aromatic carbocycles. The molecule has 0 spiro atoms. The predicted octanol–water partition coefficient (Wildman–Crippen LogP) is 7.07. The molecule has 0 atom stereocenters. The Hall–Kier alpha value is -0.0300. The average Bonchev–Trinajstić information content (AvgIpc) is 2.24. The molecule has 0 aliphatic rings. The van der Waals surface area contributed by atoms with Crippen LogP contribution in [-0.4, -0.2) is 24.5 Å². The summed E-state index contributed by atoms with van der Waals surface area (Å²) in [5.74, 6) is 0. The normalized spacial score (nSPS) is 15.3. The summed E-state index contributed by atoms with van der Waals surface area (Å²) < 4.78 is 59.2. The zero-order chi connectivity index (χ0) is 16.3. The number of hydrogen-bond donors (Lipinski definition) is 0. The van der Waals surface area contributed by atoms with Gasteiger partial charge in [-0.05, 0) is 38.9 Å². The van der Waals surface area contributed by atoms with Crippen LogP contribution in [0.3, 0.4) is 0 Å². The second kappa shape index (κ2) is 8.42. The van der Waals surface area contributed by atoms with Crippen molar-refractivity contribution in [2.24, 2.45) is 0 Å². The maximum atomic E-state index is 9.87. The third-order valence-corrected chi connectivity index (χ3v) is 2.48. The van der Waals surface area contributed by atoms with Gasteiger partial charge in [-0.15, -0.1) is 0 Å². The fourth-order valence-corrected chi connectivity index (χ4v) is 1.48. The van der Waals surface area contributed by atoms with Gasteiger partial charge in [-0.25, -0.2) is 0 Å². The molecule has 0 aliphatic carbocycles. The molecule has 0 radical (unpaired) electrons. The summed E-state index contributed by atoms with van der Waals surface area (Å²) in [7, 11) is -10.7. The summed E-state index contributed by atoms with van der Waals surface area (Å²) in [6, 6.07) is 0. The Morgan fingerprint density at radius 1 is 0.600 bits per heavy atom. The Morgan fingerprint density at radius 3 is 0.950 bits per heavy atom. The third-order valence-electron chi connectivity index (χ3n) is 2.48. The molecule has 128 valence electrons. The van der Waals surface area contributed by atoms with Crippen molar-refractivity contribution in [1.29, 1.82) is 0 Å². The summed E-state index contributed by atoms with van der Waals surface area (Å²) in [5, 5.41) is 0. The quantitative estimate of drug-likeness (QED) is 0.323. The van der Waals surface area contributed by atoms with E-state index < -0.39 is 7.81 Å². The second-order valence-electron chi connectivity index (χ2n) is 4.86. The van der Waals surface area contributed by atoms with Crippen molar-refractivity contribution < 1.29 is 25.2 Å². The van der Waals surface area contributed by atoms with E-state index in [0.29, 0.717) is 0 Å². The van der Waals surface area contributed by atoms with Gasteiger partial charge in [0.05, 0.1) is 0 Å². The first-order valence-corrected chi connectivity index (χ1v) is 9.11. The van der Waals surface area contributed by atoms with Gasteiger partial charge in [-0.1, -0.05) is 40.0 Å². The molecule has 0 saturated heterocycles. The minimum atomic E-state index is -10.7. The van der Waals surface area contributed by atoms with E-state index in [4.69, 9.17) is 0 Å². The van der Waals surface area contributed by atoms with E-state index in [1.54, 1.807) is 0 Å². The van der Waals surface area contributed by atoms with Gasteiger partial charge in [0, 0.05) is 0 Å². The molecule has 20 heavy (non-hydrogen) atoms. The molecule has 8 heteroatoms. The Kier molecular flexibility index (Phi) is 9.37. The van der Waals surface area contributed by atoms with Crippen LogP contribution in [0.2, 0.25) is 0 Å². The Morgan fingerprint density at radius 2 is 0.800 bits per heavy atom. The molecular formula is C12H27F6NP-. The molecule has 0 amide bonds. The fraction of sp³-hybridized carbons (Fsp3) is 1.00. The van der Waals surface area contributed by atoms with Gasteiger partial charge >= 0.3 is 33.0 Å². The van der Waals surface area contributed by atoms with Crippen molar-refractivity contribution in [1.82, 2.24) is 4.90 Å². The van der Waals surface area contributed by atoms with Gasteiger partial charge in [-0.2, -0.15) is 0 Å². The maximum absolute atomic E-state index is 10.7. The number of halogens is 6. The van der Waals surface area contributed by atoms with Gasteiger partial charge in [0.2, 0.25) is 0 Å². The molecule has 1 nitrogen and oxygen atoms in total. The zero-order valence-electron chi connectivity index (χ0n) is 12.5. The van der Waals surface area contributed by atoms with Crippen LogP contribution in [0.15, 0.2) is 0 Å². The molecule has 0 aromatic heterocycles. The number of unbranched alkanes of at least 4 members (excludes halogenated alkanes) is 3. The van der Waals surface area contributed by atoms with Gasteiger partial charge < -0.3 is 4.90 Å². The minimum absolute atomic E-state index is 1.32. The van der Waals surface area contributed by atoms with Crippen LogP contribution in [0.25, 0.3) is 0 Å². The van der Waals surface area contributed by atoms with Crippen LogP contribution in [0.1, 0.15) is 59.3 Å². The molecule has 0 aromatic rings. The van der Waals surface area contributed by atoms with E-state index in [9.17, 15) is 25.2 Å². The number of nitrogens with zero attached hydrogens (tertiary/aromatic N) is 1. The first-order chi connectivity index (χ1) is 8.80. The van der Waals surface area contributed by atoms with Crippen molar-refractivity contribution in [3.05, 3.63) is 0 Å². The number of hydrogen-bond acceptors (Lipinski definition) is 1. The fourth-order valence-electron chi connectivity index (χ4n) is 1.48. The van der Waals surface area contributed by atoms with Gasteiger partial charge in [0.1, 0.15) is 0 Å². The Bertz CT molecular complexity index is 207. The van der Waals surface area contributed by atoms with Crippen molar-refractivity contribution >= 4 is 7.81 Å². The molecular weight excluding hydrogens is 303 g/mol. The first-order valence-electron chi connectivity index (χ1n) is 7.08. The second-order valence-corrected chi connectivity index (χ2v) is 6.78. The summed E-state index contributed by atoms with van der Waals surface area (Å²) >= 11 is 0. The van der Waals surface area contributed by atoms with Crippen molar-refractivity contribution in [2.45, 2.75) is 59.3 Å². The molecule has 0 N–H and O–H groups in total. The Labute approximate surface area is 118 Å². The molecule has 0 fully saturated rings. The molecule has 0 unspecified atom stereocenters. The average molecular weight is 330 g/mol. The Balaban J connectivity index is 0. The molecule has 0 saturated carbocycles. The van der Waals surface area contributed by atoms with Crippen LogP contribution in [0, 0.1) is 0 Å². The van der Waals surface area contributed by atoms with E-state index in [-0.39, 0.29) is 0 Å². The summed E-state index contributed by atoms with van der Waals surface area (Å²) in [4.78, 5) is 2.64. The monoisotopic (exact) mass is 330 g/mol. The summed E-state index contributed by atoms with van der Waals surface area (Å²) in [5.41, 5.74) is 0. The van der Waals surface area contributed by atoms with Gasteiger partial charge in [0.15, 0.2) is 0 Å². The van der Waals surface area contributed by atoms with Crippen molar-refractivity contribution in [3.8, 4) is 0 Å². The van der Waals surface area contributed by atoms with Crippen LogP contribution in [-0.2, 0) is 0 Å². The standard InChI is InChI=1S/C12H27N.F6P/c1-4-7-10-13(11-8-5-2)12-9-6-3;1-7(2,3,4,5)6/h4-12H2,1-3H3;/q;-1. The zero-order valence-corrected chi connectivity index (χ0v) is 13.4. The van der Waals surface area contributed by atoms with Crippen LogP contribution in [0.5, 0.6) is 0 Å². The van der Waals surface area contributed by atoms with E-state index in [1.807, 2.05) is 0 Å². The van der Waals surface area contributed by atoms with Crippen molar-refractivity contribution in [3.63, 3.8) is 0 Å². The topological polar surface area (TPSA) is 3.24 Å². The van der Waals surface area contributed by atoms with Crippen molar-refractivity contribution in [2.75, 3.05) is 19.6 Å². The SMILES string of the molecule is CCCCN(CCCC)CCCC.F[P-](F)(F)(F)(F)F. The van der Waals surface area contributed by atoms with Crippen LogP contribution in [0.4, 0.5) is 25.2 Å². The number of rotatable bonds is 9. The van der Waals surface area contributed by atoms with E-state index >= 15 is 0 Å². The van der Waals surface area contributed by atoms with Gasteiger partial charge in [-0.3, -0.25) is 0 Å². The molecule has 0 rings (SSSR count). The van der Waals surface area contributed by atoms with E-state index in [2.05, 4.69) is 25.7 Å². The van der Waals surface area contributed by atoms with E-state index in [0.717, 1.165) is 0 Å². The molecule has 0 heterocycles. The third kappa shape index (κ3) is 36.1.